The van der Waals surface area contributed by atoms with Crippen LogP contribution in [0.4, 0.5) is 11.6 Å². The Labute approximate surface area is 200 Å². The van der Waals surface area contributed by atoms with Gasteiger partial charge in [-0.2, -0.15) is 0 Å². The van der Waals surface area contributed by atoms with Gasteiger partial charge < -0.3 is 19.4 Å². The number of carbonyl (C=O) groups excluding carboxylic acids is 1. The van der Waals surface area contributed by atoms with Gasteiger partial charge in [-0.25, -0.2) is 4.98 Å². The number of carbonyl (C=O) groups is 1. The fourth-order valence-electron chi connectivity index (χ4n) is 4.96. The fourth-order valence-corrected chi connectivity index (χ4v) is 4.96. The van der Waals surface area contributed by atoms with Crippen LogP contribution in [0.15, 0.2) is 35.1 Å². The van der Waals surface area contributed by atoms with E-state index in [0.29, 0.717) is 44.6 Å². The van der Waals surface area contributed by atoms with E-state index in [1.54, 1.807) is 13.2 Å². The molecule has 2 saturated heterocycles. The lowest BCUT2D eigenvalue weighted by molar-refractivity contribution is -0.138. The molecule has 34 heavy (non-hydrogen) atoms. The van der Waals surface area contributed by atoms with Crippen molar-refractivity contribution >= 4 is 17.5 Å². The summed E-state index contributed by atoms with van der Waals surface area (Å²) in [4.78, 5) is 41.4. The van der Waals surface area contributed by atoms with Crippen molar-refractivity contribution in [3.05, 3.63) is 46.4 Å². The van der Waals surface area contributed by atoms with E-state index in [4.69, 9.17) is 9.72 Å². The number of benzene rings is 1. The van der Waals surface area contributed by atoms with Crippen LogP contribution in [0.25, 0.3) is 0 Å². The highest BCUT2D eigenvalue weighted by Gasteiger charge is 2.31. The van der Waals surface area contributed by atoms with Crippen LogP contribution < -0.4 is 20.1 Å². The summed E-state index contributed by atoms with van der Waals surface area (Å²) >= 11 is 0. The Balaban J connectivity index is 1.15. The second-order valence-electron chi connectivity index (χ2n) is 9.46. The monoisotopic (exact) mass is 466 g/mol. The number of ether oxygens (including phenoxy) is 1. The fraction of sp³-hybridized carbons (Fsp3) is 0.560. The highest BCUT2D eigenvalue weighted by atomic mass is 16.5. The van der Waals surface area contributed by atoms with Crippen molar-refractivity contribution in [2.75, 3.05) is 69.3 Å². The van der Waals surface area contributed by atoms with Crippen molar-refractivity contribution in [3.63, 3.8) is 0 Å². The number of hydrogen-bond acceptors (Lipinski definition) is 7. The van der Waals surface area contributed by atoms with Crippen molar-refractivity contribution in [2.45, 2.75) is 25.8 Å². The summed E-state index contributed by atoms with van der Waals surface area (Å²) in [6.07, 6.45) is 3.24. The summed E-state index contributed by atoms with van der Waals surface area (Å²) in [5.41, 5.74) is 1.88. The quantitative estimate of drug-likeness (QED) is 0.691. The van der Waals surface area contributed by atoms with E-state index < -0.39 is 0 Å². The van der Waals surface area contributed by atoms with E-state index in [0.717, 1.165) is 50.5 Å². The smallest absolute Gasteiger partial charge is 0.252 e. The molecule has 5 rings (SSSR count). The van der Waals surface area contributed by atoms with Crippen LogP contribution in [0.1, 0.15) is 25.0 Å². The predicted molar refractivity (Wildman–Crippen MR) is 131 cm³/mol. The second kappa shape index (κ2) is 10.0. The van der Waals surface area contributed by atoms with E-state index in [1.807, 2.05) is 17.0 Å². The number of H-pyrrole nitrogens is 1. The largest absolute Gasteiger partial charge is 0.497 e. The Bertz CT molecular complexity index is 1040. The molecule has 1 aromatic heterocycles. The molecule has 9 heteroatoms. The van der Waals surface area contributed by atoms with E-state index in [1.165, 1.54) is 12.1 Å². The van der Waals surface area contributed by atoms with E-state index >= 15 is 0 Å². The molecule has 1 aromatic carbocycles. The molecule has 3 fully saturated rings. The molecule has 1 N–H and O–H groups in total. The maximum absolute atomic E-state index is 12.5. The minimum absolute atomic E-state index is 0.121. The Morgan fingerprint density at radius 2 is 1.68 bits per heavy atom. The number of rotatable bonds is 6. The Morgan fingerprint density at radius 3 is 2.29 bits per heavy atom. The zero-order valence-corrected chi connectivity index (χ0v) is 19.9. The summed E-state index contributed by atoms with van der Waals surface area (Å²) in [5, 5.41) is 0. The zero-order valence-electron chi connectivity index (χ0n) is 19.9. The average Bonchev–Trinajstić information content (AvgIpc) is 2.83. The first-order chi connectivity index (χ1) is 16.6. The number of piperazine rings is 2. The first kappa shape index (κ1) is 22.7. The molecule has 0 atom stereocenters. The van der Waals surface area contributed by atoms with E-state index in [-0.39, 0.29) is 11.5 Å². The first-order valence-electron chi connectivity index (χ1n) is 12.3. The van der Waals surface area contributed by atoms with Crippen LogP contribution in [0.2, 0.25) is 0 Å². The maximum atomic E-state index is 12.5. The van der Waals surface area contributed by atoms with Crippen molar-refractivity contribution in [1.82, 2.24) is 19.8 Å². The molecule has 0 radical (unpaired) electrons. The van der Waals surface area contributed by atoms with Gasteiger partial charge in [-0.15, -0.1) is 0 Å². The molecule has 0 spiro atoms. The Kier molecular flexibility index (Phi) is 6.71. The van der Waals surface area contributed by atoms with Gasteiger partial charge in [-0.05, 0) is 37.1 Å². The summed E-state index contributed by atoms with van der Waals surface area (Å²) in [7, 11) is 1.68. The second-order valence-corrected chi connectivity index (χ2v) is 9.46. The third kappa shape index (κ3) is 5.04. The first-order valence-corrected chi connectivity index (χ1v) is 12.3. The summed E-state index contributed by atoms with van der Waals surface area (Å²) in [6.45, 7) is 7.13. The molecule has 3 heterocycles. The Hall–Kier alpha value is -3.07. The number of amides is 1. The number of nitrogens with zero attached hydrogens (tertiary/aromatic N) is 5. The number of aromatic nitrogens is 2. The molecule has 2 aliphatic heterocycles. The van der Waals surface area contributed by atoms with Crippen molar-refractivity contribution in [3.8, 4) is 5.75 Å². The molecule has 1 amide bonds. The standard InChI is InChI=1S/C25H34N6O3/c1-34-22-7-5-21(6-8-22)29-11-9-28(10-12-29)18-20-17-23(32)27-25(26-20)31-15-13-30(14-16-31)24(33)19-3-2-4-19/h5-8,17,19H,2-4,9-16,18H2,1H3,(H,26,27,32). The highest BCUT2D eigenvalue weighted by molar-refractivity contribution is 5.79. The van der Waals surface area contributed by atoms with Gasteiger partial charge in [0.15, 0.2) is 0 Å². The van der Waals surface area contributed by atoms with Crippen LogP contribution >= 0.6 is 0 Å². The number of anilines is 2. The molecule has 0 unspecified atom stereocenters. The van der Waals surface area contributed by atoms with Gasteiger partial charge in [0.25, 0.3) is 5.56 Å². The average molecular weight is 467 g/mol. The minimum Gasteiger partial charge on any atom is -0.497 e. The lowest BCUT2D eigenvalue weighted by Crippen LogP contribution is -2.51. The van der Waals surface area contributed by atoms with Crippen LogP contribution in [-0.2, 0) is 11.3 Å². The molecular weight excluding hydrogens is 432 g/mol. The van der Waals surface area contributed by atoms with Crippen molar-refractivity contribution in [2.24, 2.45) is 5.92 Å². The van der Waals surface area contributed by atoms with Crippen LogP contribution in [-0.4, -0.2) is 85.1 Å². The maximum Gasteiger partial charge on any atom is 0.252 e. The van der Waals surface area contributed by atoms with Crippen molar-refractivity contribution in [1.29, 1.82) is 0 Å². The number of aromatic amines is 1. The van der Waals surface area contributed by atoms with Gasteiger partial charge in [-0.1, -0.05) is 6.42 Å². The normalized spacial score (nSPS) is 19.7. The zero-order chi connectivity index (χ0) is 23.5. The van der Waals surface area contributed by atoms with Crippen LogP contribution in [0.3, 0.4) is 0 Å². The van der Waals surface area contributed by atoms with E-state index in [9.17, 15) is 9.59 Å². The lowest BCUT2D eigenvalue weighted by atomic mass is 9.84. The predicted octanol–water partition coefficient (Wildman–Crippen LogP) is 1.55. The SMILES string of the molecule is COc1ccc(N2CCN(Cc3cc(=O)[nH]c(N4CCN(C(=O)C5CCC5)CC4)n3)CC2)cc1. The van der Waals surface area contributed by atoms with Gasteiger partial charge in [0, 0.05) is 76.6 Å². The molecule has 9 nitrogen and oxygen atoms in total. The molecule has 3 aliphatic rings. The van der Waals surface area contributed by atoms with Crippen molar-refractivity contribution < 1.29 is 9.53 Å². The molecule has 1 saturated carbocycles. The summed E-state index contributed by atoms with van der Waals surface area (Å²) in [6, 6.07) is 9.78. The lowest BCUT2D eigenvalue weighted by Gasteiger charge is -2.38. The van der Waals surface area contributed by atoms with Gasteiger partial charge in [-0.3, -0.25) is 19.5 Å². The number of methoxy groups -OCH3 is 1. The van der Waals surface area contributed by atoms with Gasteiger partial charge >= 0.3 is 0 Å². The van der Waals surface area contributed by atoms with Gasteiger partial charge in [0.2, 0.25) is 11.9 Å². The topological polar surface area (TPSA) is 85.0 Å². The van der Waals surface area contributed by atoms with E-state index in [2.05, 4.69) is 31.8 Å². The van der Waals surface area contributed by atoms with Gasteiger partial charge in [0.1, 0.15) is 5.75 Å². The van der Waals surface area contributed by atoms with Gasteiger partial charge in [0.05, 0.1) is 12.8 Å². The van der Waals surface area contributed by atoms with Crippen LogP contribution in [0.5, 0.6) is 5.75 Å². The molecule has 1 aliphatic carbocycles. The summed E-state index contributed by atoms with van der Waals surface area (Å²) in [5.74, 6) is 2.02. The molecule has 182 valence electrons. The number of hydrogen-bond donors (Lipinski definition) is 1. The molecule has 0 bridgehead atoms. The third-order valence-electron chi connectivity index (χ3n) is 7.32. The minimum atomic E-state index is -0.121. The number of nitrogens with one attached hydrogen (secondary N) is 1. The molecular formula is C25H34N6O3. The molecule has 2 aromatic rings. The summed E-state index contributed by atoms with van der Waals surface area (Å²) < 4.78 is 5.25. The highest BCUT2D eigenvalue weighted by Crippen LogP contribution is 2.28. The third-order valence-corrected chi connectivity index (χ3v) is 7.32. The van der Waals surface area contributed by atoms with Crippen LogP contribution in [0, 0.1) is 5.92 Å². The Morgan fingerprint density at radius 1 is 1.00 bits per heavy atom.